The highest BCUT2D eigenvalue weighted by Crippen LogP contribution is 2.21. The molecule has 3 rings (SSSR count). The van der Waals surface area contributed by atoms with E-state index in [1.807, 2.05) is 30.3 Å². The Balaban J connectivity index is 1.81. The highest BCUT2D eigenvalue weighted by atomic mass is 16.1. The molecule has 122 valence electrons. The van der Waals surface area contributed by atoms with Crippen molar-refractivity contribution >= 4 is 16.7 Å². The molecule has 1 saturated carbocycles. The van der Waals surface area contributed by atoms with Crippen LogP contribution in [0.1, 0.15) is 56.3 Å². The van der Waals surface area contributed by atoms with Gasteiger partial charge in [0, 0.05) is 23.2 Å². The predicted molar refractivity (Wildman–Crippen MR) is 94.7 cm³/mol. The average molecular weight is 310 g/mol. The van der Waals surface area contributed by atoms with Crippen LogP contribution in [0.25, 0.3) is 10.9 Å². The summed E-state index contributed by atoms with van der Waals surface area (Å²) in [4.78, 5) is 17.4. The molecule has 1 aliphatic rings. The number of pyridine rings is 1. The summed E-state index contributed by atoms with van der Waals surface area (Å²) >= 11 is 0. The van der Waals surface area contributed by atoms with Gasteiger partial charge in [-0.2, -0.15) is 0 Å². The maximum absolute atomic E-state index is 13.0. The van der Waals surface area contributed by atoms with Crippen LogP contribution in [0, 0.1) is 5.92 Å². The van der Waals surface area contributed by atoms with Gasteiger partial charge in [-0.1, -0.05) is 51.3 Å². The number of benzene rings is 1. The fourth-order valence-electron chi connectivity index (χ4n) is 3.48. The molecular formula is C20H26N2O. The zero-order valence-corrected chi connectivity index (χ0v) is 14.1. The highest BCUT2D eigenvalue weighted by Gasteiger charge is 2.27. The number of nitrogens with zero attached hydrogens (tertiary/aromatic N) is 1. The molecule has 0 amide bonds. The fourth-order valence-corrected chi connectivity index (χ4v) is 3.48. The number of para-hydroxylation sites is 1. The maximum atomic E-state index is 13.0. The summed E-state index contributed by atoms with van der Waals surface area (Å²) < 4.78 is 0. The van der Waals surface area contributed by atoms with E-state index in [0.717, 1.165) is 10.9 Å². The van der Waals surface area contributed by atoms with Crippen LogP contribution in [0.5, 0.6) is 0 Å². The van der Waals surface area contributed by atoms with Gasteiger partial charge >= 0.3 is 0 Å². The van der Waals surface area contributed by atoms with E-state index in [0.29, 0.717) is 11.6 Å². The Hall–Kier alpha value is -1.74. The Morgan fingerprint density at radius 3 is 2.65 bits per heavy atom. The number of rotatable bonds is 5. The van der Waals surface area contributed by atoms with Gasteiger partial charge in [-0.05, 0) is 30.9 Å². The third kappa shape index (κ3) is 3.78. The lowest BCUT2D eigenvalue weighted by molar-refractivity contribution is 0.0901. The zero-order valence-electron chi connectivity index (χ0n) is 14.1. The number of carbonyl (C=O) groups is 1. The first-order valence-corrected chi connectivity index (χ1v) is 8.80. The van der Waals surface area contributed by atoms with E-state index in [1.165, 1.54) is 32.1 Å². The van der Waals surface area contributed by atoms with E-state index in [-0.39, 0.29) is 17.7 Å². The van der Waals surface area contributed by atoms with Crippen LogP contribution in [0.3, 0.4) is 0 Å². The van der Waals surface area contributed by atoms with E-state index in [9.17, 15) is 4.79 Å². The third-order valence-corrected chi connectivity index (χ3v) is 4.84. The van der Waals surface area contributed by atoms with Gasteiger partial charge in [0.25, 0.3) is 0 Å². The molecule has 1 atom stereocenters. The lowest BCUT2D eigenvalue weighted by Crippen LogP contribution is -2.47. The average Bonchev–Trinajstić information content (AvgIpc) is 2.59. The van der Waals surface area contributed by atoms with Crippen molar-refractivity contribution < 1.29 is 4.79 Å². The van der Waals surface area contributed by atoms with E-state index in [1.54, 1.807) is 6.20 Å². The molecule has 0 saturated heterocycles. The largest absolute Gasteiger partial charge is 0.304 e. The van der Waals surface area contributed by atoms with Crippen LogP contribution in [0.2, 0.25) is 0 Å². The minimum atomic E-state index is -0.124. The van der Waals surface area contributed by atoms with E-state index < -0.39 is 0 Å². The number of fused-ring (bicyclic) bond motifs is 1. The number of nitrogens with one attached hydrogen (secondary N) is 1. The first-order chi connectivity index (χ1) is 11.1. The summed E-state index contributed by atoms with van der Waals surface area (Å²) in [6.07, 6.45) is 7.97. The van der Waals surface area contributed by atoms with Crippen molar-refractivity contribution in [3.05, 3.63) is 42.1 Å². The summed E-state index contributed by atoms with van der Waals surface area (Å²) in [5, 5.41) is 4.65. The molecule has 0 aliphatic heterocycles. The topological polar surface area (TPSA) is 42.0 Å². The number of aromatic nitrogens is 1. The van der Waals surface area contributed by atoms with Gasteiger partial charge in [-0.3, -0.25) is 9.78 Å². The van der Waals surface area contributed by atoms with Crippen LogP contribution in [0.4, 0.5) is 0 Å². The standard InChI is InChI=1S/C20H26N2O/c1-14(2)19(22-17-9-4-3-5-10-17)20(23)16-12-15-8-6-7-11-18(15)21-13-16/h6-8,11-14,17,19,22H,3-5,9-10H2,1-2H3. The molecule has 1 aromatic carbocycles. The van der Waals surface area contributed by atoms with Gasteiger partial charge < -0.3 is 5.32 Å². The SMILES string of the molecule is CC(C)C(NC1CCCCC1)C(=O)c1cnc2ccccc2c1. The van der Waals surface area contributed by atoms with Gasteiger partial charge in [0.1, 0.15) is 0 Å². The number of ketones is 1. The first kappa shape index (κ1) is 16.1. The molecular weight excluding hydrogens is 284 g/mol. The Morgan fingerprint density at radius 1 is 1.17 bits per heavy atom. The number of hydrogen-bond donors (Lipinski definition) is 1. The predicted octanol–water partition coefficient (Wildman–Crippen LogP) is 4.36. The van der Waals surface area contributed by atoms with E-state index >= 15 is 0 Å². The van der Waals surface area contributed by atoms with Gasteiger partial charge in [-0.25, -0.2) is 0 Å². The van der Waals surface area contributed by atoms with Crippen LogP contribution < -0.4 is 5.32 Å². The molecule has 3 heteroatoms. The molecule has 3 nitrogen and oxygen atoms in total. The first-order valence-electron chi connectivity index (χ1n) is 8.80. The lowest BCUT2D eigenvalue weighted by atomic mass is 9.90. The second kappa shape index (κ2) is 7.22. The smallest absolute Gasteiger partial charge is 0.181 e. The van der Waals surface area contributed by atoms with Crippen molar-refractivity contribution in [3.63, 3.8) is 0 Å². The monoisotopic (exact) mass is 310 g/mol. The number of hydrogen-bond acceptors (Lipinski definition) is 3. The van der Waals surface area contributed by atoms with Crippen molar-refractivity contribution in [3.8, 4) is 0 Å². The van der Waals surface area contributed by atoms with Gasteiger partial charge in [0.2, 0.25) is 0 Å². The molecule has 1 unspecified atom stereocenters. The fraction of sp³-hybridized carbons (Fsp3) is 0.500. The van der Waals surface area contributed by atoms with Crippen LogP contribution >= 0.6 is 0 Å². The van der Waals surface area contributed by atoms with Crippen molar-refractivity contribution in [1.29, 1.82) is 0 Å². The van der Waals surface area contributed by atoms with Crippen LogP contribution in [-0.4, -0.2) is 22.9 Å². The molecule has 1 N–H and O–H groups in total. The minimum Gasteiger partial charge on any atom is -0.304 e. The van der Waals surface area contributed by atoms with Gasteiger partial charge in [0.05, 0.1) is 11.6 Å². The molecule has 1 fully saturated rings. The maximum Gasteiger partial charge on any atom is 0.181 e. The summed E-state index contributed by atoms with van der Waals surface area (Å²) in [6, 6.07) is 10.3. The van der Waals surface area contributed by atoms with Crippen LogP contribution in [0.15, 0.2) is 36.5 Å². The second-order valence-electron chi connectivity index (χ2n) is 7.00. The summed E-state index contributed by atoms with van der Waals surface area (Å²) in [7, 11) is 0. The Morgan fingerprint density at radius 2 is 1.91 bits per heavy atom. The Labute approximate surface area is 138 Å². The Bertz CT molecular complexity index is 674. The van der Waals surface area contributed by atoms with Crippen molar-refractivity contribution in [1.82, 2.24) is 10.3 Å². The lowest BCUT2D eigenvalue weighted by Gasteiger charge is -2.30. The quantitative estimate of drug-likeness (QED) is 0.834. The summed E-state index contributed by atoms with van der Waals surface area (Å²) in [6.45, 7) is 4.24. The van der Waals surface area contributed by atoms with Crippen molar-refractivity contribution in [2.75, 3.05) is 0 Å². The minimum absolute atomic E-state index is 0.124. The molecule has 0 radical (unpaired) electrons. The van der Waals surface area contributed by atoms with Gasteiger partial charge in [-0.15, -0.1) is 0 Å². The number of carbonyl (C=O) groups excluding carboxylic acids is 1. The molecule has 1 aromatic heterocycles. The third-order valence-electron chi connectivity index (χ3n) is 4.84. The second-order valence-corrected chi connectivity index (χ2v) is 7.00. The highest BCUT2D eigenvalue weighted by molar-refractivity contribution is 6.02. The van der Waals surface area contributed by atoms with Gasteiger partial charge in [0.15, 0.2) is 5.78 Å². The molecule has 23 heavy (non-hydrogen) atoms. The molecule has 1 aliphatic carbocycles. The molecule has 0 spiro atoms. The summed E-state index contributed by atoms with van der Waals surface area (Å²) in [5.41, 5.74) is 1.65. The van der Waals surface area contributed by atoms with E-state index in [2.05, 4.69) is 24.1 Å². The normalized spacial score (nSPS) is 17.5. The Kier molecular flexibility index (Phi) is 5.06. The van der Waals surface area contributed by atoms with E-state index in [4.69, 9.17) is 0 Å². The zero-order chi connectivity index (χ0) is 16.2. The van der Waals surface area contributed by atoms with Crippen molar-refractivity contribution in [2.24, 2.45) is 5.92 Å². The van der Waals surface area contributed by atoms with Crippen LogP contribution in [-0.2, 0) is 0 Å². The summed E-state index contributed by atoms with van der Waals surface area (Å²) in [5.74, 6) is 0.444. The molecule has 2 aromatic rings. The molecule has 1 heterocycles. The van der Waals surface area contributed by atoms with Crippen molar-refractivity contribution in [2.45, 2.75) is 58.0 Å². The molecule has 0 bridgehead atoms. The number of Topliss-reactive ketones (excluding diaryl/α,β-unsaturated/α-hetero) is 1.